The number of hydrogen-bond donors (Lipinski definition) is 1. The monoisotopic (exact) mass is 387 g/mol. The van der Waals surface area contributed by atoms with Crippen LogP contribution in [0.15, 0.2) is 24.3 Å². The average molecular weight is 387 g/mol. The smallest absolute Gasteiger partial charge is 0.242 e. The van der Waals surface area contributed by atoms with Crippen LogP contribution in [0.3, 0.4) is 0 Å². The van der Waals surface area contributed by atoms with Gasteiger partial charge >= 0.3 is 0 Å². The molecule has 1 aromatic carbocycles. The second-order valence-electron chi connectivity index (χ2n) is 8.47. The van der Waals surface area contributed by atoms with Crippen molar-refractivity contribution in [2.24, 2.45) is 11.8 Å². The first-order valence-electron chi connectivity index (χ1n) is 10.7. The second kappa shape index (κ2) is 8.60. The van der Waals surface area contributed by atoms with E-state index in [1.54, 1.807) is 12.1 Å². The van der Waals surface area contributed by atoms with Crippen molar-refractivity contribution in [3.63, 3.8) is 0 Å². The third kappa shape index (κ3) is 4.22. The topological polar surface area (TPSA) is 52.7 Å². The molecule has 2 amide bonds. The first-order valence-corrected chi connectivity index (χ1v) is 10.7. The molecule has 3 aliphatic rings. The largest absolute Gasteiger partial charge is 0.340 e. The van der Waals surface area contributed by atoms with Crippen molar-refractivity contribution in [3.8, 4) is 0 Å². The Hall–Kier alpha value is -1.95. The van der Waals surface area contributed by atoms with Gasteiger partial charge in [-0.25, -0.2) is 4.39 Å². The highest BCUT2D eigenvalue weighted by molar-refractivity contribution is 5.95. The minimum atomic E-state index is -0.308. The molecule has 5 nitrogen and oxygen atoms in total. The van der Waals surface area contributed by atoms with E-state index in [2.05, 4.69) is 10.2 Å². The van der Waals surface area contributed by atoms with Gasteiger partial charge in [-0.15, -0.1) is 0 Å². The fourth-order valence-electron chi connectivity index (χ4n) is 4.83. The Morgan fingerprint density at radius 2 is 1.57 bits per heavy atom. The van der Waals surface area contributed by atoms with Crippen LogP contribution in [-0.2, 0) is 9.59 Å². The Kier molecular flexibility index (Phi) is 5.95. The number of piperazine rings is 1. The lowest BCUT2D eigenvalue weighted by Gasteiger charge is -2.42. The van der Waals surface area contributed by atoms with E-state index in [1.165, 1.54) is 31.4 Å². The standard InChI is InChI=1S/C22H30FN3O2/c23-18-8-10-19(11-9-18)24-21(27)20(16-4-1-2-5-16)25-12-14-26(15-13-25)22(28)17-6-3-7-17/h8-11,16-17,20H,1-7,12-15H2,(H,24,27). The van der Waals surface area contributed by atoms with E-state index in [4.69, 9.17) is 0 Å². The van der Waals surface area contributed by atoms with Gasteiger partial charge in [-0.3, -0.25) is 14.5 Å². The summed E-state index contributed by atoms with van der Waals surface area (Å²) in [5, 5.41) is 2.99. The summed E-state index contributed by atoms with van der Waals surface area (Å²) in [7, 11) is 0. The minimum absolute atomic E-state index is 0.00252. The molecule has 2 saturated carbocycles. The third-order valence-electron chi connectivity index (χ3n) is 6.70. The number of carbonyl (C=O) groups excluding carboxylic acids is 2. The molecule has 6 heteroatoms. The van der Waals surface area contributed by atoms with Gasteiger partial charge in [0.25, 0.3) is 0 Å². The number of rotatable bonds is 5. The maximum absolute atomic E-state index is 13.2. The van der Waals surface area contributed by atoms with Crippen molar-refractivity contribution >= 4 is 17.5 Å². The minimum Gasteiger partial charge on any atom is -0.340 e. The molecule has 4 rings (SSSR count). The van der Waals surface area contributed by atoms with E-state index >= 15 is 0 Å². The zero-order valence-corrected chi connectivity index (χ0v) is 16.4. The molecule has 152 valence electrons. The molecular weight excluding hydrogens is 357 g/mol. The maximum atomic E-state index is 13.2. The second-order valence-corrected chi connectivity index (χ2v) is 8.47. The van der Waals surface area contributed by atoms with E-state index in [-0.39, 0.29) is 23.7 Å². The first kappa shape index (κ1) is 19.4. The summed E-state index contributed by atoms with van der Waals surface area (Å²) in [6.07, 6.45) is 7.72. The highest BCUT2D eigenvalue weighted by atomic mass is 19.1. The van der Waals surface area contributed by atoms with Crippen molar-refractivity contribution in [2.75, 3.05) is 31.5 Å². The number of anilines is 1. The molecule has 3 fully saturated rings. The lowest BCUT2D eigenvalue weighted by Crippen LogP contribution is -2.57. The molecule has 1 aromatic rings. The van der Waals surface area contributed by atoms with Crippen molar-refractivity contribution in [3.05, 3.63) is 30.1 Å². The molecule has 28 heavy (non-hydrogen) atoms. The Morgan fingerprint density at radius 1 is 0.929 bits per heavy atom. The summed E-state index contributed by atoms with van der Waals surface area (Å²) in [5.41, 5.74) is 0.633. The molecule has 1 N–H and O–H groups in total. The van der Waals surface area contributed by atoms with Crippen LogP contribution in [-0.4, -0.2) is 53.8 Å². The van der Waals surface area contributed by atoms with Gasteiger partial charge in [-0.2, -0.15) is 0 Å². The summed E-state index contributed by atoms with van der Waals surface area (Å²) >= 11 is 0. The van der Waals surface area contributed by atoms with Crippen molar-refractivity contribution < 1.29 is 14.0 Å². The highest BCUT2D eigenvalue weighted by Gasteiger charge is 2.38. The fraction of sp³-hybridized carbons (Fsp3) is 0.636. The van der Waals surface area contributed by atoms with Crippen LogP contribution in [0.25, 0.3) is 0 Å². The van der Waals surface area contributed by atoms with E-state index in [0.29, 0.717) is 30.6 Å². The Bertz CT molecular complexity index is 690. The quantitative estimate of drug-likeness (QED) is 0.844. The Morgan fingerprint density at radius 3 is 2.14 bits per heavy atom. The normalized spacial score (nSPS) is 22.7. The lowest BCUT2D eigenvalue weighted by atomic mass is 9.84. The third-order valence-corrected chi connectivity index (χ3v) is 6.70. The molecule has 1 atom stereocenters. The molecular formula is C22H30FN3O2. The fourth-order valence-corrected chi connectivity index (χ4v) is 4.83. The summed E-state index contributed by atoms with van der Waals surface area (Å²) in [4.78, 5) is 29.9. The van der Waals surface area contributed by atoms with Crippen LogP contribution in [0.4, 0.5) is 10.1 Å². The van der Waals surface area contributed by atoms with Gasteiger partial charge in [-0.1, -0.05) is 19.3 Å². The van der Waals surface area contributed by atoms with Gasteiger partial charge in [0.1, 0.15) is 5.82 Å². The van der Waals surface area contributed by atoms with E-state index in [1.807, 2.05) is 4.90 Å². The SMILES string of the molecule is O=C(Nc1ccc(F)cc1)C(C1CCCC1)N1CCN(C(=O)C2CCC2)CC1. The molecule has 1 unspecified atom stereocenters. The molecule has 0 bridgehead atoms. The number of nitrogens with zero attached hydrogens (tertiary/aromatic N) is 2. The molecule has 0 radical (unpaired) electrons. The van der Waals surface area contributed by atoms with Gasteiger partial charge in [0.05, 0.1) is 6.04 Å². The van der Waals surface area contributed by atoms with Gasteiger partial charge < -0.3 is 10.2 Å². The summed E-state index contributed by atoms with van der Waals surface area (Å²) in [6, 6.07) is 5.77. The van der Waals surface area contributed by atoms with Gasteiger partial charge in [0.15, 0.2) is 0 Å². The number of hydrogen-bond acceptors (Lipinski definition) is 3. The molecule has 0 spiro atoms. The zero-order chi connectivity index (χ0) is 19.5. The number of halogens is 1. The van der Waals surface area contributed by atoms with Crippen LogP contribution in [0, 0.1) is 17.7 Å². The van der Waals surface area contributed by atoms with E-state index < -0.39 is 0 Å². The molecule has 2 aliphatic carbocycles. The number of carbonyl (C=O) groups is 2. The average Bonchev–Trinajstić information content (AvgIpc) is 3.17. The molecule has 1 aliphatic heterocycles. The van der Waals surface area contributed by atoms with Crippen LogP contribution in [0.2, 0.25) is 0 Å². The Labute approximate surface area is 166 Å². The zero-order valence-electron chi connectivity index (χ0n) is 16.4. The number of nitrogens with one attached hydrogen (secondary N) is 1. The molecule has 1 saturated heterocycles. The van der Waals surface area contributed by atoms with Crippen molar-refractivity contribution in [2.45, 2.75) is 51.0 Å². The first-order chi connectivity index (χ1) is 13.6. The summed E-state index contributed by atoms with van der Waals surface area (Å²) in [6.45, 7) is 2.91. The van der Waals surface area contributed by atoms with Crippen LogP contribution >= 0.6 is 0 Å². The predicted octanol–water partition coefficient (Wildman–Crippen LogP) is 3.27. The van der Waals surface area contributed by atoms with Crippen molar-refractivity contribution in [1.29, 1.82) is 0 Å². The molecule has 1 heterocycles. The van der Waals surface area contributed by atoms with Gasteiger partial charge in [0.2, 0.25) is 11.8 Å². The predicted molar refractivity (Wildman–Crippen MR) is 106 cm³/mol. The van der Waals surface area contributed by atoms with Crippen LogP contribution in [0.1, 0.15) is 44.9 Å². The van der Waals surface area contributed by atoms with Crippen molar-refractivity contribution in [1.82, 2.24) is 9.80 Å². The van der Waals surface area contributed by atoms with E-state index in [0.717, 1.165) is 38.8 Å². The Balaban J connectivity index is 1.40. The van der Waals surface area contributed by atoms with Crippen LogP contribution < -0.4 is 5.32 Å². The summed E-state index contributed by atoms with van der Waals surface area (Å²) in [5.74, 6) is 0.585. The van der Waals surface area contributed by atoms with Crippen LogP contribution in [0.5, 0.6) is 0 Å². The van der Waals surface area contributed by atoms with Gasteiger partial charge in [0, 0.05) is 37.8 Å². The van der Waals surface area contributed by atoms with Gasteiger partial charge in [-0.05, 0) is 55.9 Å². The molecule has 0 aromatic heterocycles. The highest BCUT2D eigenvalue weighted by Crippen LogP contribution is 2.32. The maximum Gasteiger partial charge on any atom is 0.242 e. The number of benzene rings is 1. The van der Waals surface area contributed by atoms with E-state index in [9.17, 15) is 14.0 Å². The number of amides is 2. The lowest BCUT2D eigenvalue weighted by molar-refractivity contribution is -0.140. The summed E-state index contributed by atoms with van der Waals surface area (Å²) < 4.78 is 13.2.